The number of alkyl halides is 3. The summed E-state index contributed by atoms with van der Waals surface area (Å²) < 4.78 is 37.7. The number of amides is 1. The van der Waals surface area contributed by atoms with Crippen LogP contribution in [0.4, 0.5) is 18.9 Å². The second kappa shape index (κ2) is 9.66. The molecule has 2 aromatic carbocycles. The molecule has 0 aliphatic heterocycles. The average Bonchev–Trinajstić information content (AvgIpc) is 3.13. The first-order valence-corrected chi connectivity index (χ1v) is 10.7. The van der Waals surface area contributed by atoms with Crippen molar-refractivity contribution in [2.24, 2.45) is 4.99 Å². The number of aryl methyl sites for hydroxylation is 2. The number of aliphatic imine (C=N–C) groups is 1. The second-order valence-corrected chi connectivity index (χ2v) is 8.72. The minimum Gasteiger partial charge on any atom is -0.352 e. The molecule has 0 atom stereocenters. The Balaban J connectivity index is 1.98. The summed E-state index contributed by atoms with van der Waals surface area (Å²) in [6, 6.07) is 16.4. The van der Waals surface area contributed by atoms with Crippen LogP contribution in [0.5, 0.6) is 0 Å². The van der Waals surface area contributed by atoms with Gasteiger partial charge in [-0.3, -0.25) is 4.79 Å². The maximum Gasteiger partial charge on any atom is 0.390 e. The number of halogens is 4. The first kappa shape index (κ1) is 23.0. The van der Waals surface area contributed by atoms with Crippen molar-refractivity contribution in [3.63, 3.8) is 0 Å². The summed E-state index contributed by atoms with van der Waals surface area (Å²) in [7, 11) is 0. The average molecular weight is 465 g/mol. The van der Waals surface area contributed by atoms with Crippen LogP contribution < -0.4 is 5.32 Å². The molecule has 1 amide bonds. The van der Waals surface area contributed by atoms with E-state index in [0.717, 1.165) is 21.6 Å². The van der Waals surface area contributed by atoms with E-state index in [0.29, 0.717) is 15.7 Å². The van der Waals surface area contributed by atoms with Gasteiger partial charge in [-0.1, -0.05) is 41.9 Å². The molecular weight excluding hydrogens is 445 g/mol. The number of thiophene rings is 1. The van der Waals surface area contributed by atoms with Crippen LogP contribution in [0.1, 0.15) is 38.3 Å². The number of carbonyl (C=O) groups is 1. The Kier molecular flexibility index (Phi) is 7.18. The van der Waals surface area contributed by atoms with Gasteiger partial charge in [0.05, 0.1) is 27.0 Å². The summed E-state index contributed by atoms with van der Waals surface area (Å²) in [6.45, 7) is 3.37. The van der Waals surface area contributed by atoms with E-state index in [1.807, 2.05) is 44.2 Å². The van der Waals surface area contributed by atoms with Crippen LogP contribution >= 0.6 is 22.9 Å². The fourth-order valence-electron chi connectivity index (χ4n) is 2.94. The van der Waals surface area contributed by atoms with E-state index in [2.05, 4.69) is 5.32 Å². The van der Waals surface area contributed by atoms with E-state index in [4.69, 9.17) is 16.6 Å². The molecule has 0 fully saturated rings. The predicted octanol–water partition coefficient (Wildman–Crippen LogP) is 6.87. The zero-order valence-electron chi connectivity index (χ0n) is 16.9. The third-order valence-corrected chi connectivity index (χ3v) is 5.84. The Bertz CT molecular complexity index is 1120. The summed E-state index contributed by atoms with van der Waals surface area (Å²) in [6.07, 6.45) is -5.40. The van der Waals surface area contributed by atoms with Gasteiger partial charge in [0.15, 0.2) is 0 Å². The van der Waals surface area contributed by atoms with E-state index in [-0.39, 0.29) is 5.56 Å². The van der Waals surface area contributed by atoms with Gasteiger partial charge in [0.25, 0.3) is 5.91 Å². The molecule has 3 rings (SSSR count). The Morgan fingerprint density at radius 3 is 2.45 bits per heavy atom. The SMILES string of the molecule is Cc1ccc(C(=O)NCCC(F)(F)F)cc1N=C(c1ccc(Cl)s1)c1ccccc1C. The van der Waals surface area contributed by atoms with Crippen LogP contribution in [0.2, 0.25) is 4.34 Å². The molecule has 3 aromatic rings. The first-order valence-electron chi connectivity index (χ1n) is 9.50. The van der Waals surface area contributed by atoms with Crippen LogP contribution in [-0.4, -0.2) is 24.3 Å². The number of carbonyl (C=O) groups excluding carboxylic acids is 1. The van der Waals surface area contributed by atoms with E-state index < -0.39 is 25.0 Å². The van der Waals surface area contributed by atoms with Crippen LogP contribution in [0.25, 0.3) is 0 Å². The highest BCUT2D eigenvalue weighted by atomic mass is 35.5. The molecule has 0 unspecified atom stereocenters. The molecule has 0 saturated heterocycles. The fourth-order valence-corrected chi connectivity index (χ4v) is 3.99. The normalized spacial score (nSPS) is 12.1. The molecule has 1 heterocycles. The van der Waals surface area contributed by atoms with Crippen LogP contribution in [0, 0.1) is 13.8 Å². The van der Waals surface area contributed by atoms with Crippen LogP contribution in [0.3, 0.4) is 0 Å². The first-order chi connectivity index (χ1) is 14.6. The standard InChI is InChI=1S/C23H20ClF3N2OS/c1-14-5-3-4-6-17(14)21(19-9-10-20(24)31-19)29-18-13-16(8-7-15(18)2)22(30)28-12-11-23(25,26)27/h3-10,13H,11-12H2,1-2H3,(H,28,30). The highest BCUT2D eigenvalue weighted by molar-refractivity contribution is 7.18. The van der Waals surface area contributed by atoms with Gasteiger partial charge in [-0.25, -0.2) is 4.99 Å². The van der Waals surface area contributed by atoms with E-state index in [1.165, 1.54) is 11.3 Å². The second-order valence-electron chi connectivity index (χ2n) is 7.00. The molecule has 0 aliphatic rings. The Labute approximate surface area is 187 Å². The number of hydrogen-bond acceptors (Lipinski definition) is 3. The Hall–Kier alpha value is -2.64. The van der Waals surface area contributed by atoms with Crippen molar-refractivity contribution in [2.45, 2.75) is 26.4 Å². The minimum atomic E-state index is -4.32. The number of nitrogens with one attached hydrogen (secondary N) is 1. The number of hydrogen-bond donors (Lipinski definition) is 1. The highest BCUT2D eigenvalue weighted by Gasteiger charge is 2.26. The lowest BCUT2D eigenvalue weighted by Gasteiger charge is -2.11. The summed E-state index contributed by atoms with van der Waals surface area (Å²) in [5, 5.41) is 2.31. The molecule has 1 N–H and O–H groups in total. The quantitative estimate of drug-likeness (QED) is 0.397. The van der Waals surface area contributed by atoms with Gasteiger partial charge in [0, 0.05) is 17.7 Å². The molecule has 1 aromatic heterocycles. The largest absolute Gasteiger partial charge is 0.390 e. The molecule has 0 radical (unpaired) electrons. The molecule has 0 aliphatic carbocycles. The van der Waals surface area contributed by atoms with Gasteiger partial charge < -0.3 is 5.32 Å². The van der Waals surface area contributed by atoms with Crippen molar-refractivity contribution in [1.82, 2.24) is 5.32 Å². The molecule has 3 nitrogen and oxygen atoms in total. The number of benzene rings is 2. The maximum absolute atomic E-state index is 12.3. The zero-order chi connectivity index (χ0) is 22.6. The predicted molar refractivity (Wildman–Crippen MR) is 120 cm³/mol. The van der Waals surface area contributed by atoms with Gasteiger partial charge >= 0.3 is 6.18 Å². The van der Waals surface area contributed by atoms with E-state index in [9.17, 15) is 18.0 Å². The molecule has 0 spiro atoms. The zero-order valence-corrected chi connectivity index (χ0v) is 18.5. The minimum absolute atomic E-state index is 0.250. The van der Waals surface area contributed by atoms with Crippen molar-refractivity contribution < 1.29 is 18.0 Å². The van der Waals surface area contributed by atoms with Crippen molar-refractivity contribution in [2.75, 3.05) is 6.54 Å². The topological polar surface area (TPSA) is 41.5 Å². The van der Waals surface area contributed by atoms with Crippen LogP contribution in [-0.2, 0) is 0 Å². The van der Waals surface area contributed by atoms with Gasteiger partial charge in [-0.2, -0.15) is 13.2 Å². The molecule has 31 heavy (non-hydrogen) atoms. The van der Waals surface area contributed by atoms with Crippen molar-refractivity contribution >= 4 is 40.2 Å². The molecule has 162 valence electrons. The lowest BCUT2D eigenvalue weighted by Crippen LogP contribution is -2.27. The van der Waals surface area contributed by atoms with E-state index >= 15 is 0 Å². The molecule has 0 bridgehead atoms. The molecule has 8 heteroatoms. The fraction of sp³-hybridized carbons (Fsp3) is 0.217. The van der Waals surface area contributed by atoms with Gasteiger partial charge in [-0.05, 0) is 49.2 Å². The van der Waals surface area contributed by atoms with Crippen LogP contribution in [0.15, 0.2) is 59.6 Å². The van der Waals surface area contributed by atoms with Crippen molar-refractivity contribution in [3.8, 4) is 0 Å². The van der Waals surface area contributed by atoms with Gasteiger partial charge in [-0.15, -0.1) is 11.3 Å². The van der Waals surface area contributed by atoms with Crippen molar-refractivity contribution in [3.05, 3.63) is 86.1 Å². The smallest absolute Gasteiger partial charge is 0.352 e. The summed E-state index contributed by atoms with van der Waals surface area (Å²) in [5.74, 6) is -0.572. The third-order valence-electron chi connectivity index (χ3n) is 4.60. The molecule has 0 saturated carbocycles. The summed E-state index contributed by atoms with van der Waals surface area (Å²) in [5.41, 5.74) is 4.32. The Morgan fingerprint density at radius 1 is 1.06 bits per heavy atom. The summed E-state index contributed by atoms with van der Waals surface area (Å²) in [4.78, 5) is 18.1. The number of rotatable bonds is 6. The lowest BCUT2D eigenvalue weighted by molar-refractivity contribution is -0.132. The maximum atomic E-state index is 12.3. The number of nitrogens with zero attached hydrogens (tertiary/aromatic N) is 1. The van der Waals surface area contributed by atoms with Gasteiger partial charge in [0.1, 0.15) is 0 Å². The highest BCUT2D eigenvalue weighted by Crippen LogP contribution is 2.29. The lowest BCUT2D eigenvalue weighted by atomic mass is 10.0. The van der Waals surface area contributed by atoms with E-state index in [1.54, 1.807) is 24.3 Å². The Morgan fingerprint density at radius 2 is 1.81 bits per heavy atom. The van der Waals surface area contributed by atoms with Crippen molar-refractivity contribution in [1.29, 1.82) is 0 Å². The monoisotopic (exact) mass is 464 g/mol. The third kappa shape index (κ3) is 6.18. The molecular formula is C23H20ClF3N2OS. The summed E-state index contributed by atoms with van der Waals surface area (Å²) >= 11 is 7.54. The van der Waals surface area contributed by atoms with Gasteiger partial charge in [0.2, 0.25) is 0 Å².